The third-order valence-electron chi connectivity index (χ3n) is 6.62. The zero-order valence-electron chi connectivity index (χ0n) is 19.3. The van der Waals surface area contributed by atoms with E-state index in [1.807, 2.05) is 0 Å². The van der Waals surface area contributed by atoms with Gasteiger partial charge in [0.1, 0.15) is 0 Å². The molecule has 0 radical (unpaired) electrons. The molecule has 10 nitrogen and oxygen atoms in total. The van der Waals surface area contributed by atoms with E-state index in [0.717, 1.165) is 0 Å². The van der Waals surface area contributed by atoms with Crippen molar-refractivity contribution in [1.29, 1.82) is 0 Å². The van der Waals surface area contributed by atoms with E-state index >= 15 is 0 Å². The Kier molecular flexibility index (Phi) is 11.3. The number of carbonyl (C=O) groups is 2. The summed E-state index contributed by atoms with van der Waals surface area (Å²) in [6, 6.07) is 0. The second-order valence-corrected chi connectivity index (χ2v) is 12.4. The van der Waals surface area contributed by atoms with E-state index in [1.54, 1.807) is 13.8 Å². The number of hydrogen-bond donors (Lipinski definition) is 4. The molecule has 0 saturated heterocycles. The summed E-state index contributed by atoms with van der Waals surface area (Å²) < 4.78 is 65.9. The standard InChI is InChI=1S/C20H38O10S2/c1-5-9-11-19(7-3,31(25,26)27)14-18(17(23)24,13-16(21)22)15-20(8-4,12-10-6-2)32(28,29)30/h5-15H2,1-4H3,(H,21,22)(H,23,24)(H,25,26,27)(H,28,29,30). The third kappa shape index (κ3) is 7.13. The van der Waals surface area contributed by atoms with Crippen molar-refractivity contribution in [2.75, 3.05) is 0 Å². The summed E-state index contributed by atoms with van der Waals surface area (Å²) in [6.07, 6.45) is -1.54. The SMILES string of the molecule is CCCCC(CC)(CC(CC(=O)O)(CC(CC)(CCCC)S(=O)(=O)O)C(=O)O)S(=O)(=O)O. The van der Waals surface area contributed by atoms with Crippen molar-refractivity contribution in [2.45, 2.75) is 108 Å². The van der Waals surface area contributed by atoms with Crippen molar-refractivity contribution in [1.82, 2.24) is 0 Å². The number of hydrogen-bond acceptors (Lipinski definition) is 6. The molecule has 4 N–H and O–H groups in total. The molecule has 0 aliphatic heterocycles. The van der Waals surface area contributed by atoms with Gasteiger partial charge in [0.15, 0.2) is 0 Å². The molecule has 0 aromatic carbocycles. The summed E-state index contributed by atoms with van der Waals surface area (Å²) in [6.45, 7) is 6.45. The first-order valence-electron chi connectivity index (χ1n) is 10.9. The molecule has 0 heterocycles. The number of carboxylic acids is 2. The minimum absolute atomic E-state index is 0.118. The summed E-state index contributed by atoms with van der Waals surface area (Å²) in [5.74, 6) is -3.24. The molecule has 0 aliphatic rings. The van der Waals surface area contributed by atoms with Gasteiger partial charge < -0.3 is 10.2 Å². The van der Waals surface area contributed by atoms with Gasteiger partial charge in [-0.3, -0.25) is 18.7 Å². The highest BCUT2D eigenvalue weighted by atomic mass is 32.2. The number of carboxylic acid groups (broad SMARTS) is 2. The molecule has 0 aromatic heterocycles. The average molecular weight is 503 g/mol. The van der Waals surface area contributed by atoms with E-state index in [0.29, 0.717) is 25.7 Å². The fraction of sp³-hybridized carbons (Fsp3) is 0.900. The Balaban J connectivity index is 7.00. The first kappa shape index (κ1) is 30.8. The van der Waals surface area contributed by atoms with Gasteiger partial charge in [-0.15, -0.1) is 0 Å². The molecule has 12 heteroatoms. The second kappa shape index (κ2) is 11.8. The molecule has 2 unspecified atom stereocenters. The van der Waals surface area contributed by atoms with Crippen molar-refractivity contribution in [3.05, 3.63) is 0 Å². The summed E-state index contributed by atoms with van der Waals surface area (Å²) in [7, 11) is -9.67. The fourth-order valence-electron chi connectivity index (χ4n) is 4.52. The van der Waals surface area contributed by atoms with E-state index in [1.165, 1.54) is 13.8 Å². The zero-order valence-corrected chi connectivity index (χ0v) is 21.0. The van der Waals surface area contributed by atoms with Crippen LogP contribution in [-0.2, 0) is 29.8 Å². The van der Waals surface area contributed by atoms with Gasteiger partial charge in [0.25, 0.3) is 20.2 Å². The summed E-state index contributed by atoms with van der Waals surface area (Å²) >= 11 is 0. The first-order chi connectivity index (χ1) is 14.5. The van der Waals surface area contributed by atoms with Crippen LogP contribution in [0.4, 0.5) is 0 Å². The summed E-state index contributed by atoms with van der Waals surface area (Å²) in [4.78, 5) is 24.2. The molecular formula is C20H38O10S2. The Hall–Kier alpha value is -1.24. The van der Waals surface area contributed by atoms with E-state index < -0.39 is 66.3 Å². The average Bonchev–Trinajstić information content (AvgIpc) is 2.65. The zero-order chi connectivity index (χ0) is 25.4. The van der Waals surface area contributed by atoms with Crippen LogP contribution in [0, 0.1) is 5.41 Å². The van der Waals surface area contributed by atoms with Gasteiger partial charge in [-0.2, -0.15) is 16.8 Å². The van der Waals surface area contributed by atoms with Crippen LogP contribution in [0.2, 0.25) is 0 Å². The lowest BCUT2D eigenvalue weighted by atomic mass is 9.67. The topological polar surface area (TPSA) is 183 Å². The van der Waals surface area contributed by atoms with Crippen molar-refractivity contribution in [2.24, 2.45) is 5.41 Å². The molecule has 0 amide bonds. The lowest BCUT2D eigenvalue weighted by Gasteiger charge is -2.43. The number of rotatable bonds is 17. The summed E-state index contributed by atoms with van der Waals surface area (Å²) in [5, 5.41) is 19.7. The Morgan fingerprint density at radius 1 is 0.719 bits per heavy atom. The van der Waals surface area contributed by atoms with Gasteiger partial charge in [-0.25, -0.2) is 0 Å². The van der Waals surface area contributed by atoms with E-state index in [4.69, 9.17) is 0 Å². The number of aliphatic carboxylic acids is 2. The molecule has 0 spiro atoms. The van der Waals surface area contributed by atoms with Crippen LogP contribution >= 0.6 is 0 Å². The van der Waals surface area contributed by atoms with Crippen LogP contribution in [-0.4, -0.2) is 57.6 Å². The van der Waals surface area contributed by atoms with Crippen LogP contribution in [0.15, 0.2) is 0 Å². The van der Waals surface area contributed by atoms with Crippen LogP contribution < -0.4 is 0 Å². The number of unbranched alkanes of at least 4 members (excludes halogenated alkanes) is 2. The summed E-state index contributed by atoms with van der Waals surface area (Å²) in [5.41, 5.74) is -2.36. The normalized spacial score (nSPS) is 18.3. The van der Waals surface area contributed by atoms with Crippen molar-refractivity contribution in [3.63, 3.8) is 0 Å². The molecule has 0 saturated carbocycles. The lowest BCUT2D eigenvalue weighted by Crippen LogP contribution is -2.52. The Bertz CT molecular complexity index is 796. The molecule has 0 aromatic rings. The van der Waals surface area contributed by atoms with Crippen LogP contribution in [0.3, 0.4) is 0 Å². The van der Waals surface area contributed by atoms with Gasteiger partial charge in [0.2, 0.25) is 0 Å². The Morgan fingerprint density at radius 2 is 1.06 bits per heavy atom. The van der Waals surface area contributed by atoms with E-state index in [2.05, 4.69) is 0 Å². The van der Waals surface area contributed by atoms with Gasteiger partial charge in [-0.1, -0.05) is 53.4 Å². The van der Waals surface area contributed by atoms with Gasteiger partial charge >= 0.3 is 11.9 Å². The largest absolute Gasteiger partial charge is 0.481 e. The Labute approximate surface area is 191 Å². The molecule has 2 atom stereocenters. The maximum Gasteiger partial charge on any atom is 0.310 e. The maximum atomic E-state index is 12.5. The highest BCUT2D eigenvalue weighted by Crippen LogP contribution is 2.49. The van der Waals surface area contributed by atoms with Crippen molar-refractivity contribution < 1.29 is 45.7 Å². The maximum absolute atomic E-state index is 12.5. The lowest BCUT2D eigenvalue weighted by molar-refractivity contribution is -0.158. The van der Waals surface area contributed by atoms with E-state index in [9.17, 15) is 45.7 Å². The molecule has 0 aliphatic carbocycles. The Morgan fingerprint density at radius 3 is 1.25 bits per heavy atom. The quantitative estimate of drug-likeness (QED) is 0.213. The second-order valence-electron chi connectivity index (χ2n) is 8.74. The van der Waals surface area contributed by atoms with Crippen LogP contribution in [0.25, 0.3) is 0 Å². The van der Waals surface area contributed by atoms with Crippen molar-refractivity contribution in [3.8, 4) is 0 Å². The van der Waals surface area contributed by atoms with Crippen LogP contribution in [0.5, 0.6) is 0 Å². The van der Waals surface area contributed by atoms with Gasteiger partial charge in [0.05, 0.1) is 21.3 Å². The molecule has 190 valence electrons. The molecule has 0 bridgehead atoms. The first-order valence-corrected chi connectivity index (χ1v) is 13.8. The van der Waals surface area contributed by atoms with Gasteiger partial charge in [0, 0.05) is 0 Å². The van der Waals surface area contributed by atoms with Gasteiger partial charge in [-0.05, 0) is 38.5 Å². The fourth-order valence-corrected chi connectivity index (χ4v) is 6.97. The minimum atomic E-state index is -4.83. The molecular weight excluding hydrogens is 464 g/mol. The smallest absolute Gasteiger partial charge is 0.310 e. The highest BCUT2D eigenvalue weighted by Gasteiger charge is 2.57. The monoisotopic (exact) mass is 502 g/mol. The van der Waals surface area contributed by atoms with Crippen LogP contribution in [0.1, 0.15) is 98.3 Å². The minimum Gasteiger partial charge on any atom is -0.481 e. The predicted molar refractivity (Wildman–Crippen MR) is 120 cm³/mol. The third-order valence-corrected chi connectivity index (χ3v) is 10.1. The molecule has 0 rings (SSSR count). The van der Waals surface area contributed by atoms with E-state index in [-0.39, 0.29) is 25.7 Å². The molecule has 32 heavy (non-hydrogen) atoms. The highest BCUT2D eigenvalue weighted by molar-refractivity contribution is 7.87. The van der Waals surface area contributed by atoms with Crippen molar-refractivity contribution >= 4 is 32.2 Å². The predicted octanol–water partition coefficient (Wildman–Crippen LogP) is 3.77. The molecule has 0 fully saturated rings.